The molecular formula is C18H23FN4O3. The Morgan fingerprint density at radius 1 is 1.38 bits per heavy atom. The van der Waals surface area contributed by atoms with Crippen molar-refractivity contribution in [1.29, 1.82) is 0 Å². The molecule has 4 amide bonds. The van der Waals surface area contributed by atoms with Crippen LogP contribution in [0.2, 0.25) is 0 Å². The Labute approximate surface area is 151 Å². The maximum Gasteiger partial charge on any atom is 0.325 e. The summed E-state index contributed by atoms with van der Waals surface area (Å²) in [7, 11) is 0. The number of nitrogens with two attached hydrogens (primary N) is 1. The molecule has 2 aliphatic rings. The van der Waals surface area contributed by atoms with Crippen molar-refractivity contribution >= 4 is 17.8 Å². The van der Waals surface area contributed by atoms with Crippen LogP contribution in [0, 0.1) is 11.7 Å². The third-order valence-electron chi connectivity index (χ3n) is 5.33. The Balaban J connectivity index is 1.73. The number of rotatable bonds is 6. The van der Waals surface area contributed by atoms with Gasteiger partial charge in [-0.05, 0) is 50.3 Å². The highest BCUT2D eigenvalue weighted by atomic mass is 19.1. The molecule has 140 valence electrons. The van der Waals surface area contributed by atoms with Crippen molar-refractivity contribution in [3.63, 3.8) is 0 Å². The van der Waals surface area contributed by atoms with Gasteiger partial charge in [-0.2, -0.15) is 0 Å². The SMILES string of the molecule is CC1(c2ccc(F)cc2)NC(=O)N(CC(=O)NC(C)(CN)C2CC2)C1=O. The van der Waals surface area contributed by atoms with Crippen LogP contribution in [0.3, 0.4) is 0 Å². The molecule has 1 aliphatic carbocycles. The van der Waals surface area contributed by atoms with Crippen LogP contribution in [0.25, 0.3) is 0 Å². The fourth-order valence-electron chi connectivity index (χ4n) is 3.36. The number of carbonyl (C=O) groups excluding carboxylic acids is 3. The molecule has 2 atom stereocenters. The van der Waals surface area contributed by atoms with Gasteiger partial charge in [-0.15, -0.1) is 0 Å². The second-order valence-corrected chi connectivity index (χ2v) is 7.40. The van der Waals surface area contributed by atoms with Crippen LogP contribution in [0.15, 0.2) is 24.3 Å². The first-order valence-corrected chi connectivity index (χ1v) is 8.61. The monoisotopic (exact) mass is 362 g/mol. The molecule has 3 rings (SSSR count). The molecule has 26 heavy (non-hydrogen) atoms. The van der Waals surface area contributed by atoms with Crippen LogP contribution in [0.5, 0.6) is 0 Å². The molecule has 7 nitrogen and oxygen atoms in total. The van der Waals surface area contributed by atoms with Crippen LogP contribution in [0.4, 0.5) is 9.18 Å². The minimum Gasteiger partial charge on any atom is -0.348 e. The van der Waals surface area contributed by atoms with Gasteiger partial charge in [0.05, 0.1) is 5.54 Å². The van der Waals surface area contributed by atoms with Crippen molar-refractivity contribution in [3.05, 3.63) is 35.6 Å². The van der Waals surface area contributed by atoms with Crippen LogP contribution in [-0.2, 0) is 15.1 Å². The second kappa shape index (κ2) is 6.35. The van der Waals surface area contributed by atoms with Crippen molar-refractivity contribution in [2.75, 3.05) is 13.1 Å². The summed E-state index contributed by atoms with van der Waals surface area (Å²) in [6.07, 6.45) is 2.00. The van der Waals surface area contributed by atoms with Gasteiger partial charge in [-0.3, -0.25) is 14.5 Å². The summed E-state index contributed by atoms with van der Waals surface area (Å²) in [6.45, 7) is 3.31. The number of amides is 4. The molecule has 0 radical (unpaired) electrons. The van der Waals surface area contributed by atoms with Crippen molar-refractivity contribution in [2.45, 2.75) is 37.8 Å². The topological polar surface area (TPSA) is 105 Å². The Morgan fingerprint density at radius 2 is 2.00 bits per heavy atom. The van der Waals surface area contributed by atoms with Crippen LogP contribution in [-0.4, -0.2) is 41.4 Å². The average Bonchev–Trinajstić information content (AvgIpc) is 3.42. The zero-order chi connectivity index (χ0) is 19.1. The number of hydrogen-bond acceptors (Lipinski definition) is 4. The van der Waals surface area contributed by atoms with E-state index in [0.29, 0.717) is 11.5 Å². The van der Waals surface area contributed by atoms with E-state index in [0.717, 1.165) is 17.7 Å². The number of urea groups is 1. The van der Waals surface area contributed by atoms with Gasteiger partial charge in [0, 0.05) is 6.54 Å². The lowest BCUT2D eigenvalue weighted by Gasteiger charge is -2.30. The molecule has 8 heteroatoms. The number of carbonyl (C=O) groups is 3. The standard InChI is InChI=1S/C18H23FN4O3/c1-17(10-20,11-3-4-11)21-14(24)9-23-15(25)18(2,22-16(23)26)12-5-7-13(19)8-6-12/h5-8,11H,3-4,9-10,20H2,1-2H3,(H,21,24)(H,22,26). The molecule has 1 saturated carbocycles. The van der Waals surface area contributed by atoms with E-state index in [4.69, 9.17) is 5.73 Å². The minimum absolute atomic E-state index is 0.289. The van der Waals surface area contributed by atoms with E-state index in [9.17, 15) is 18.8 Å². The lowest BCUT2D eigenvalue weighted by atomic mass is 9.92. The summed E-state index contributed by atoms with van der Waals surface area (Å²) in [5.41, 5.74) is 4.37. The zero-order valence-electron chi connectivity index (χ0n) is 14.8. The molecule has 2 unspecified atom stereocenters. The van der Waals surface area contributed by atoms with Gasteiger partial charge in [-0.25, -0.2) is 9.18 Å². The normalized spacial score (nSPS) is 25.0. The largest absolute Gasteiger partial charge is 0.348 e. The van der Waals surface area contributed by atoms with Crippen LogP contribution < -0.4 is 16.4 Å². The van der Waals surface area contributed by atoms with Gasteiger partial charge in [0.1, 0.15) is 17.9 Å². The van der Waals surface area contributed by atoms with E-state index < -0.39 is 34.7 Å². The second-order valence-electron chi connectivity index (χ2n) is 7.40. The van der Waals surface area contributed by atoms with Crippen molar-refractivity contribution in [2.24, 2.45) is 11.7 Å². The Bertz CT molecular complexity index is 749. The highest BCUT2D eigenvalue weighted by Gasteiger charge is 2.50. The van der Waals surface area contributed by atoms with Crippen molar-refractivity contribution in [3.8, 4) is 0 Å². The highest BCUT2D eigenvalue weighted by Crippen LogP contribution is 2.39. The van der Waals surface area contributed by atoms with E-state index >= 15 is 0 Å². The third kappa shape index (κ3) is 3.16. The Kier molecular flexibility index (Phi) is 4.47. The molecule has 1 heterocycles. The first-order valence-electron chi connectivity index (χ1n) is 8.61. The number of halogens is 1. The number of benzene rings is 1. The molecule has 1 aliphatic heterocycles. The maximum absolute atomic E-state index is 13.1. The molecule has 0 bridgehead atoms. The average molecular weight is 362 g/mol. The summed E-state index contributed by atoms with van der Waals surface area (Å²) in [5.74, 6) is -1.10. The number of nitrogens with one attached hydrogen (secondary N) is 2. The smallest absolute Gasteiger partial charge is 0.325 e. The molecule has 0 spiro atoms. The summed E-state index contributed by atoms with van der Waals surface area (Å²) in [5, 5.41) is 5.45. The number of imide groups is 1. The fraction of sp³-hybridized carbons (Fsp3) is 0.500. The number of nitrogens with zero attached hydrogens (tertiary/aromatic N) is 1. The fourth-order valence-corrected chi connectivity index (χ4v) is 3.36. The predicted octanol–water partition coefficient (Wildman–Crippen LogP) is 0.836. The van der Waals surface area contributed by atoms with Gasteiger partial charge in [0.15, 0.2) is 0 Å². The van der Waals surface area contributed by atoms with E-state index in [-0.39, 0.29) is 13.1 Å². The van der Waals surface area contributed by atoms with E-state index in [1.165, 1.54) is 31.2 Å². The summed E-state index contributed by atoms with van der Waals surface area (Å²) >= 11 is 0. The lowest BCUT2D eigenvalue weighted by molar-refractivity contribution is -0.135. The molecule has 1 aromatic rings. The Hall–Kier alpha value is -2.48. The first-order chi connectivity index (χ1) is 12.2. The molecule has 4 N–H and O–H groups in total. The van der Waals surface area contributed by atoms with Gasteiger partial charge in [0.25, 0.3) is 5.91 Å². The molecular weight excluding hydrogens is 339 g/mol. The molecule has 1 saturated heterocycles. The minimum atomic E-state index is -1.33. The van der Waals surface area contributed by atoms with Gasteiger partial charge < -0.3 is 16.4 Å². The quantitative estimate of drug-likeness (QED) is 0.652. The van der Waals surface area contributed by atoms with Crippen molar-refractivity contribution in [1.82, 2.24) is 15.5 Å². The first kappa shape index (κ1) is 18.3. The van der Waals surface area contributed by atoms with Crippen molar-refractivity contribution < 1.29 is 18.8 Å². The lowest BCUT2D eigenvalue weighted by Crippen LogP contribution is -2.55. The van der Waals surface area contributed by atoms with Gasteiger partial charge in [0.2, 0.25) is 5.91 Å². The third-order valence-corrected chi connectivity index (χ3v) is 5.33. The summed E-state index contributed by atoms with van der Waals surface area (Å²) in [6, 6.07) is 4.67. The molecule has 1 aromatic carbocycles. The number of hydrogen-bond donors (Lipinski definition) is 3. The van der Waals surface area contributed by atoms with E-state index in [2.05, 4.69) is 10.6 Å². The highest BCUT2D eigenvalue weighted by molar-refractivity contribution is 6.09. The van der Waals surface area contributed by atoms with Crippen LogP contribution in [0.1, 0.15) is 32.3 Å². The summed E-state index contributed by atoms with van der Waals surface area (Å²) < 4.78 is 13.1. The van der Waals surface area contributed by atoms with E-state index in [1.807, 2.05) is 6.92 Å². The molecule has 0 aromatic heterocycles. The van der Waals surface area contributed by atoms with E-state index in [1.54, 1.807) is 0 Å². The van der Waals surface area contributed by atoms with Gasteiger partial charge in [-0.1, -0.05) is 12.1 Å². The zero-order valence-corrected chi connectivity index (χ0v) is 14.8. The molecule has 2 fully saturated rings. The van der Waals surface area contributed by atoms with Crippen LogP contribution >= 0.6 is 0 Å². The van der Waals surface area contributed by atoms with Gasteiger partial charge >= 0.3 is 6.03 Å². The maximum atomic E-state index is 13.1. The summed E-state index contributed by atoms with van der Waals surface area (Å²) in [4.78, 5) is 38.3. The predicted molar refractivity (Wildman–Crippen MR) is 92.3 cm³/mol. The Morgan fingerprint density at radius 3 is 2.54 bits per heavy atom.